The van der Waals surface area contributed by atoms with Crippen molar-refractivity contribution in [1.29, 1.82) is 0 Å². The van der Waals surface area contributed by atoms with Crippen molar-refractivity contribution < 1.29 is 9.59 Å². The maximum atomic E-state index is 12.3. The zero-order valence-corrected chi connectivity index (χ0v) is 11.4. The highest BCUT2D eigenvalue weighted by Crippen LogP contribution is 2.20. The number of hydrogen-bond donors (Lipinski definition) is 0. The van der Waals surface area contributed by atoms with Crippen molar-refractivity contribution in [1.82, 2.24) is 4.90 Å². The van der Waals surface area contributed by atoms with E-state index in [1.807, 2.05) is 11.8 Å². The normalized spacial score (nSPS) is 21.1. The van der Waals surface area contributed by atoms with Gasteiger partial charge in [-0.05, 0) is 12.8 Å². The van der Waals surface area contributed by atoms with Gasteiger partial charge in [-0.25, -0.2) is 0 Å². The molecule has 17 heavy (non-hydrogen) atoms. The third kappa shape index (κ3) is 3.83. The van der Waals surface area contributed by atoms with E-state index in [0.29, 0.717) is 25.3 Å². The summed E-state index contributed by atoms with van der Waals surface area (Å²) in [7, 11) is 0. The van der Waals surface area contributed by atoms with Gasteiger partial charge in [0, 0.05) is 31.3 Å². The van der Waals surface area contributed by atoms with Crippen molar-refractivity contribution in [3.05, 3.63) is 0 Å². The first kappa shape index (κ1) is 14.2. The quantitative estimate of drug-likeness (QED) is 0.739. The molecule has 1 aliphatic rings. The van der Waals surface area contributed by atoms with Crippen LogP contribution in [0.25, 0.3) is 0 Å². The van der Waals surface area contributed by atoms with Gasteiger partial charge >= 0.3 is 0 Å². The van der Waals surface area contributed by atoms with Gasteiger partial charge in [0.15, 0.2) is 0 Å². The summed E-state index contributed by atoms with van der Waals surface area (Å²) in [5.41, 5.74) is 0. The third-order valence-corrected chi connectivity index (χ3v) is 3.61. The fraction of sp³-hybridized carbons (Fsp3) is 0.857. The van der Waals surface area contributed by atoms with Crippen LogP contribution in [0.1, 0.15) is 52.9 Å². The molecule has 0 spiro atoms. The molecule has 0 aliphatic carbocycles. The van der Waals surface area contributed by atoms with Crippen molar-refractivity contribution in [3.8, 4) is 0 Å². The lowest BCUT2D eigenvalue weighted by Crippen LogP contribution is -2.45. The van der Waals surface area contributed by atoms with Crippen LogP contribution in [0.5, 0.6) is 0 Å². The van der Waals surface area contributed by atoms with Gasteiger partial charge in [0.05, 0.1) is 0 Å². The van der Waals surface area contributed by atoms with E-state index in [2.05, 4.69) is 13.8 Å². The Balaban J connectivity index is 2.57. The average molecular weight is 239 g/mol. The van der Waals surface area contributed by atoms with E-state index in [9.17, 15) is 9.59 Å². The lowest BCUT2D eigenvalue weighted by molar-refractivity contribution is -0.140. The standard InChI is InChI=1S/C14H25NO2/c1-4-6-12(7-5-2)14(17)15-9-8-13(16)11(3)10-15/h11-12H,4-10H2,1-3H3. The van der Waals surface area contributed by atoms with Gasteiger partial charge in [0.2, 0.25) is 5.91 Å². The molecule has 1 aliphatic heterocycles. The van der Waals surface area contributed by atoms with Crippen molar-refractivity contribution in [2.24, 2.45) is 11.8 Å². The number of carbonyl (C=O) groups excluding carboxylic acids is 2. The van der Waals surface area contributed by atoms with Crippen LogP contribution in [0.2, 0.25) is 0 Å². The van der Waals surface area contributed by atoms with Gasteiger partial charge in [-0.15, -0.1) is 0 Å². The van der Waals surface area contributed by atoms with Crippen LogP contribution in [0.15, 0.2) is 0 Å². The van der Waals surface area contributed by atoms with Gasteiger partial charge in [-0.2, -0.15) is 0 Å². The maximum absolute atomic E-state index is 12.3. The Morgan fingerprint density at radius 3 is 2.41 bits per heavy atom. The molecule has 0 bridgehead atoms. The highest BCUT2D eigenvalue weighted by Gasteiger charge is 2.29. The summed E-state index contributed by atoms with van der Waals surface area (Å²) in [6, 6.07) is 0. The number of ketones is 1. The number of piperidine rings is 1. The molecule has 0 aromatic heterocycles. The molecule has 98 valence electrons. The van der Waals surface area contributed by atoms with Gasteiger partial charge < -0.3 is 4.90 Å². The molecule has 3 heteroatoms. The van der Waals surface area contributed by atoms with E-state index in [1.54, 1.807) is 0 Å². The zero-order valence-electron chi connectivity index (χ0n) is 11.4. The second-order valence-electron chi connectivity index (χ2n) is 5.18. The number of hydrogen-bond acceptors (Lipinski definition) is 2. The number of carbonyl (C=O) groups is 2. The number of nitrogens with zero attached hydrogens (tertiary/aromatic N) is 1. The summed E-state index contributed by atoms with van der Waals surface area (Å²) in [5.74, 6) is 0.770. The van der Waals surface area contributed by atoms with Crippen molar-refractivity contribution >= 4 is 11.7 Å². The predicted molar refractivity (Wildman–Crippen MR) is 68.7 cm³/mol. The highest BCUT2D eigenvalue weighted by atomic mass is 16.2. The molecule has 0 N–H and O–H groups in total. The summed E-state index contributed by atoms with van der Waals surface area (Å²) in [6.07, 6.45) is 4.60. The first-order chi connectivity index (χ1) is 8.10. The Kier molecular flexibility index (Phi) is 5.66. The number of amides is 1. The smallest absolute Gasteiger partial charge is 0.225 e. The second-order valence-corrected chi connectivity index (χ2v) is 5.18. The molecule has 0 saturated carbocycles. The number of rotatable bonds is 5. The SMILES string of the molecule is CCCC(CCC)C(=O)N1CCC(=O)C(C)C1. The number of Topliss-reactive ketones (excluding diaryl/α,β-unsaturated/α-hetero) is 1. The van der Waals surface area contributed by atoms with Gasteiger partial charge in [-0.3, -0.25) is 9.59 Å². The first-order valence-corrected chi connectivity index (χ1v) is 6.91. The highest BCUT2D eigenvalue weighted by molar-refractivity contribution is 5.85. The lowest BCUT2D eigenvalue weighted by atomic mass is 9.93. The minimum Gasteiger partial charge on any atom is -0.341 e. The van der Waals surface area contributed by atoms with Crippen molar-refractivity contribution in [2.75, 3.05) is 13.1 Å². The molecular weight excluding hydrogens is 214 g/mol. The molecule has 1 unspecified atom stereocenters. The molecule has 1 saturated heterocycles. The molecule has 1 amide bonds. The molecule has 1 fully saturated rings. The van der Waals surface area contributed by atoms with Crippen LogP contribution in [0.3, 0.4) is 0 Å². The van der Waals surface area contributed by atoms with E-state index in [0.717, 1.165) is 25.7 Å². The molecule has 1 atom stereocenters. The summed E-state index contributed by atoms with van der Waals surface area (Å²) >= 11 is 0. The van der Waals surface area contributed by atoms with Crippen LogP contribution in [0.4, 0.5) is 0 Å². The van der Waals surface area contributed by atoms with Gasteiger partial charge in [0.25, 0.3) is 0 Å². The van der Waals surface area contributed by atoms with Gasteiger partial charge in [0.1, 0.15) is 5.78 Å². The van der Waals surface area contributed by atoms with E-state index in [-0.39, 0.29) is 17.7 Å². The Bertz CT molecular complexity index is 269. The van der Waals surface area contributed by atoms with Gasteiger partial charge in [-0.1, -0.05) is 33.6 Å². The van der Waals surface area contributed by atoms with Crippen molar-refractivity contribution in [3.63, 3.8) is 0 Å². The Morgan fingerprint density at radius 2 is 1.94 bits per heavy atom. The number of likely N-dealkylation sites (tertiary alicyclic amines) is 1. The zero-order chi connectivity index (χ0) is 12.8. The van der Waals surface area contributed by atoms with E-state index in [4.69, 9.17) is 0 Å². The third-order valence-electron chi connectivity index (χ3n) is 3.61. The van der Waals surface area contributed by atoms with Crippen LogP contribution in [-0.4, -0.2) is 29.7 Å². The lowest BCUT2D eigenvalue weighted by Gasteiger charge is -2.32. The molecule has 3 nitrogen and oxygen atoms in total. The first-order valence-electron chi connectivity index (χ1n) is 6.91. The Hall–Kier alpha value is -0.860. The van der Waals surface area contributed by atoms with Crippen LogP contribution < -0.4 is 0 Å². The summed E-state index contributed by atoms with van der Waals surface area (Å²) < 4.78 is 0. The molecule has 0 radical (unpaired) electrons. The maximum Gasteiger partial charge on any atom is 0.225 e. The molecular formula is C14H25NO2. The van der Waals surface area contributed by atoms with Crippen LogP contribution in [0, 0.1) is 11.8 Å². The molecule has 0 aromatic rings. The van der Waals surface area contributed by atoms with Crippen LogP contribution >= 0.6 is 0 Å². The fourth-order valence-electron chi connectivity index (χ4n) is 2.56. The summed E-state index contributed by atoms with van der Waals surface area (Å²) in [4.78, 5) is 25.7. The fourth-order valence-corrected chi connectivity index (χ4v) is 2.56. The molecule has 1 rings (SSSR count). The Labute approximate surface area is 105 Å². The summed E-state index contributed by atoms with van der Waals surface area (Å²) in [6.45, 7) is 7.43. The Morgan fingerprint density at radius 1 is 1.35 bits per heavy atom. The topological polar surface area (TPSA) is 37.4 Å². The van der Waals surface area contributed by atoms with E-state index in [1.165, 1.54) is 0 Å². The van der Waals surface area contributed by atoms with E-state index < -0.39 is 0 Å². The summed E-state index contributed by atoms with van der Waals surface area (Å²) in [5, 5.41) is 0. The predicted octanol–water partition coefficient (Wildman–Crippen LogP) is 2.64. The van der Waals surface area contributed by atoms with Crippen LogP contribution in [-0.2, 0) is 9.59 Å². The minimum absolute atomic E-state index is 0.0246. The monoisotopic (exact) mass is 239 g/mol. The minimum atomic E-state index is 0.0246. The van der Waals surface area contributed by atoms with E-state index >= 15 is 0 Å². The second kappa shape index (κ2) is 6.77. The van der Waals surface area contributed by atoms with Crippen molar-refractivity contribution in [2.45, 2.75) is 52.9 Å². The largest absolute Gasteiger partial charge is 0.341 e. The molecule has 1 heterocycles. The average Bonchev–Trinajstić information content (AvgIpc) is 2.31. The molecule has 0 aromatic carbocycles.